The van der Waals surface area contributed by atoms with Gasteiger partial charge in [-0.05, 0) is 43.9 Å². The average Bonchev–Trinajstić information content (AvgIpc) is 3.01. The molecule has 24 heavy (non-hydrogen) atoms. The molecule has 0 bridgehead atoms. The molecule has 1 aromatic heterocycles. The van der Waals surface area contributed by atoms with Crippen LogP contribution in [-0.2, 0) is 11.3 Å². The van der Waals surface area contributed by atoms with Gasteiger partial charge < -0.3 is 9.88 Å². The van der Waals surface area contributed by atoms with E-state index >= 15 is 0 Å². The second kappa shape index (κ2) is 7.26. The van der Waals surface area contributed by atoms with Gasteiger partial charge in [0.25, 0.3) is 0 Å². The molecular weight excluding hydrogens is 300 g/mol. The van der Waals surface area contributed by atoms with Crippen LogP contribution in [0.5, 0.6) is 0 Å². The largest absolute Gasteiger partial charge is 0.352 e. The summed E-state index contributed by atoms with van der Waals surface area (Å²) in [4.78, 5) is 19.1. The van der Waals surface area contributed by atoms with Gasteiger partial charge in [-0.15, -0.1) is 0 Å². The second-order valence-corrected chi connectivity index (χ2v) is 7.97. The molecule has 1 saturated heterocycles. The average molecular weight is 330 g/mol. The van der Waals surface area contributed by atoms with Crippen LogP contribution in [0.2, 0.25) is 0 Å². The van der Waals surface area contributed by atoms with E-state index in [-0.39, 0.29) is 5.91 Å². The van der Waals surface area contributed by atoms with Crippen LogP contribution in [0.4, 0.5) is 0 Å². The zero-order chi connectivity index (χ0) is 16.4. The van der Waals surface area contributed by atoms with Crippen molar-refractivity contribution in [3.63, 3.8) is 0 Å². The van der Waals surface area contributed by atoms with Gasteiger partial charge in [-0.3, -0.25) is 9.69 Å². The number of aromatic nitrogens is 2. The van der Waals surface area contributed by atoms with Gasteiger partial charge in [0, 0.05) is 50.5 Å². The number of amides is 1. The number of carbonyl (C=O) groups excluding carboxylic acids is 1. The number of rotatable bonds is 7. The van der Waals surface area contributed by atoms with E-state index in [1.54, 1.807) is 6.20 Å². The topological polar surface area (TPSA) is 50.2 Å². The number of hydrogen-bond acceptors (Lipinski definition) is 3. The molecule has 4 rings (SSSR count). The van der Waals surface area contributed by atoms with Crippen molar-refractivity contribution in [1.82, 2.24) is 19.8 Å². The van der Waals surface area contributed by atoms with Gasteiger partial charge in [-0.2, -0.15) is 0 Å². The van der Waals surface area contributed by atoms with Crippen LogP contribution in [0, 0.1) is 11.8 Å². The standard InChI is InChI=1S/C19H30N4O/c24-19(6-3-10-22-11-9-20-14-22)21-18-13-23(16-4-1-2-5-16)12-17(18)15-7-8-15/h9,11,14-18H,1-8,10,12-13H2,(H,21,24)/t17-,18+/m1/s1. The molecule has 1 amide bonds. The van der Waals surface area contributed by atoms with Crippen LogP contribution in [0.25, 0.3) is 0 Å². The lowest BCUT2D eigenvalue weighted by Gasteiger charge is -2.23. The first-order chi connectivity index (χ1) is 11.8. The molecule has 2 saturated carbocycles. The van der Waals surface area contributed by atoms with Crippen molar-refractivity contribution in [2.45, 2.75) is 70.0 Å². The number of nitrogens with one attached hydrogen (secondary N) is 1. The predicted molar refractivity (Wildman–Crippen MR) is 93.4 cm³/mol. The summed E-state index contributed by atoms with van der Waals surface area (Å²) in [5, 5.41) is 3.38. The highest BCUT2D eigenvalue weighted by Crippen LogP contribution is 2.42. The van der Waals surface area contributed by atoms with E-state index in [1.807, 2.05) is 17.1 Å². The normalized spacial score (nSPS) is 28.5. The van der Waals surface area contributed by atoms with Crippen LogP contribution in [0.3, 0.4) is 0 Å². The number of nitrogens with zero attached hydrogens (tertiary/aromatic N) is 3. The fourth-order valence-electron chi connectivity index (χ4n) is 4.70. The lowest BCUT2D eigenvalue weighted by Crippen LogP contribution is -2.41. The summed E-state index contributed by atoms with van der Waals surface area (Å²) in [6, 6.07) is 1.17. The first kappa shape index (κ1) is 16.1. The smallest absolute Gasteiger partial charge is 0.220 e. The molecule has 0 spiro atoms. The van der Waals surface area contributed by atoms with Crippen molar-refractivity contribution in [3.05, 3.63) is 18.7 Å². The molecule has 1 N–H and O–H groups in total. The number of aryl methyl sites for hydroxylation is 1. The molecule has 2 heterocycles. The summed E-state index contributed by atoms with van der Waals surface area (Å²) in [5.41, 5.74) is 0. The Labute approximate surface area is 144 Å². The van der Waals surface area contributed by atoms with Gasteiger partial charge >= 0.3 is 0 Å². The highest BCUT2D eigenvalue weighted by atomic mass is 16.1. The Hall–Kier alpha value is -1.36. The summed E-state index contributed by atoms with van der Waals surface area (Å²) >= 11 is 0. The minimum atomic E-state index is 0.235. The van der Waals surface area contributed by atoms with Gasteiger partial charge in [-0.1, -0.05) is 12.8 Å². The first-order valence-corrected chi connectivity index (χ1v) is 9.79. The van der Waals surface area contributed by atoms with Crippen molar-refractivity contribution >= 4 is 5.91 Å². The van der Waals surface area contributed by atoms with E-state index in [0.717, 1.165) is 31.5 Å². The minimum absolute atomic E-state index is 0.235. The minimum Gasteiger partial charge on any atom is -0.352 e. The fraction of sp³-hybridized carbons (Fsp3) is 0.789. The van der Waals surface area contributed by atoms with E-state index in [1.165, 1.54) is 45.1 Å². The lowest BCUT2D eigenvalue weighted by atomic mass is 9.98. The van der Waals surface area contributed by atoms with Crippen molar-refractivity contribution in [2.75, 3.05) is 13.1 Å². The lowest BCUT2D eigenvalue weighted by molar-refractivity contribution is -0.122. The van der Waals surface area contributed by atoms with Gasteiger partial charge in [-0.25, -0.2) is 4.98 Å². The summed E-state index contributed by atoms with van der Waals surface area (Å²) in [5.74, 6) is 1.80. The van der Waals surface area contributed by atoms with Gasteiger partial charge in [0.05, 0.1) is 6.33 Å². The molecular formula is C19H30N4O. The van der Waals surface area contributed by atoms with Gasteiger partial charge in [0.2, 0.25) is 5.91 Å². The Morgan fingerprint density at radius 1 is 1.17 bits per heavy atom. The van der Waals surface area contributed by atoms with E-state index in [4.69, 9.17) is 0 Å². The Bertz CT molecular complexity index is 534. The molecule has 2 aliphatic carbocycles. The maximum Gasteiger partial charge on any atom is 0.220 e. The summed E-state index contributed by atoms with van der Waals surface area (Å²) in [6.07, 6.45) is 15.3. The van der Waals surface area contributed by atoms with E-state index in [0.29, 0.717) is 18.4 Å². The Morgan fingerprint density at radius 3 is 2.71 bits per heavy atom. The quantitative estimate of drug-likeness (QED) is 0.835. The summed E-state index contributed by atoms with van der Waals surface area (Å²) in [7, 11) is 0. The molecule has 2 atom stereocenters. The van der Waals surface area contributed by atoms with Crippen LogP contribution in [0.1, 0.15) is 51.4 Å². The zero-order valence-corrected chi connectivity index (χ0v) is 14.6. The predicted octanol–water partition coefficient (Wildman–Crippen LogP) is 2.43. The molecule has 5 nitrogen and oxygen atoms in total. The maximum atomic E-state index is 12.4. The first-order valence-electron chi connectivity index (χ1n) is 9.79. The van der Waals surface area contributed by atoms with Crippen LogP contribution in [0.15, 0.2) is 18.7 Å². The van der Waals surface area contributed by atoms with E-state index < -0.39 is 0 Å². The Kier molecular flexibility index (Phi) is 4.88. The van der Waals surface area contributed by atoms with Crippen molar-refractivity contribution in [1.29, 1.82) is 0 Å². The van der Waals surface area contributed by atoms with Crippen LogP contribution in [-0.4, -0.2) is 45.5 Å². The molecule has 1 aliphatic heterocycles. The third kappa shape index (κ3) is 3.82. The highest BCUT2D eigenvalue weighted by Gasteiger charge is 2.44. The van der Waals surface area contributed by atoms with E-state index in [9.17, 15) is 4.79 Å². The number of carbonyl (C=O) groups is 1. The molecule has 1 aromatic rings. The molecule has 0 unspecified atom stereocenters. The number of likely N-dealkylation sites (tertiary alicyclic amines) is 1. The molecule has 0 aromatic carbocycles. The second-order valence-electron chi connectivity index (χ2n) is 7.97. The number of imidazole rings is 1. The molecule has 3 aliphatic rings. The Balaban J connectivity index is 1.26. The van der Waals surface area contributed by atoms with Crippen molar-refractivity contribution in [2.24, 2.45) is 11.8 Å². The van der Waals surface area contributed by atoms with Gasteiger partial charge in [0.15, 0.2) is 0 Å². The molecule has 132 valence electrons. The number of hydrogen-bond donors (Lipinski definition) is 1. The SMILES string of the molecule is O=C(CCCn1ccnc1)N[C@H]1CN(C2CCCC2)C[C@@H]1C1CC1. The maximum absolute atomic E-state index is 12.4. The summed E-state index contributed by atoms with van der Waals surface area (Å²) in [6.45, 7) is 3.17. The molecule has 3 fully saturated rings. The zero-order valence-electron chi connectivity index (χ0n) is 14.6. The molecule has 5 heteroatoms. The summed E-state index contributed by atoms with van der Waals surface area (Å²) < 4.78 is 2.04. The highest BCUT2D eigenvalue weighted by molar-refractivity contribution is 5.76. The van der Waals surface area contributed by atoms with Crippen molar-refractivity contribution < 1.29 is 4.79 Å². The third-order valence-electron chi connectivity index (χ3n) is 6.19. The van der Waals surface area contributed by atoms with Crippen LogP contribution >= 0.6 is 0 Å². The fourth-order valence-corrected chi connectivity index (χ4v) is 4.70. The Morgan fingerprint density at radius 2 is 2.00 bits per heavy atom. The monoisotopic (exact) mass is 330 g/mol. The molecule has 0 radical (unpaired) electrons. The third-order valence-corrected chi connectivity index (χ3v) is 6.19. The van der Waals surface area contributed by atoms with E-state index in [2.05, 4.69) is 15.2 Å². The van der Waals surface area contributed by atoms with Crippen LogP contribution < -0.4 is 5.32 Å². The van der Waals surface area contributed by atoms with Gasteiger partial charge in [0.1, 0.15) is 0 Å². The van der Waals surface area contributed by atoms with Crippen molar-refractivity contribution in [3.8, 4) is 0 Å².